The van der Waals surface area contributed by atoms with Crippen LogP contribution in [0.4, 0.5) is 0 Å². The molecule has 1 amide bonds. The minimum atomic E-state index is 0.169. The standard InChI is InChI=1S/C15H26N2O2/c1-17(13-8-11-5-6-12(9-13)16-11)15(18)10-14-4-2-3-7-19-14/h11-14,16H,2-10H2,1H3. The van der Waals surface area contributed by atoms with Crippen LogP contribution in [0.1, 0.15) is 51.4 Å². The molecular formula is C15H26N2O2. The summed E-state index contributed by atoms with van der Waals surface area (Å²) in [5.41, 5.74) is 0. The second-order valence-corrected chi connectivity index (χ2v) is 6.46. The first-order chi connectivity index (χ1) is 9.22. The molecule has 0 radical (unpaired) electrons. The average molecular weight is 266 g/mol. The van der Waals surface area contributed by atoms with Crippen LogP contribution in [0.5, 0.6) is 0 Å². The van der Waals surface area contributed by atoms with Crippen molar-refractivity contribution in [3.05, 3.63) is 0 Å². The molecule has 0 aromatic carbocycles. The van der Waals surface area contributed by atoms with Gasteiger partial charge in [-0.15, -0.1) is 0 Å². The predicted octanol–water partition coefficient (Wildman–Crippen LogP) is 1.69. The number of carbonyl (C=O) groups is 1. The van der Waals surface area contributed by atoms with Gasteiger partial charge in [-0.3, -0.25) is 4.79 Å². The second kappa shape index (κ2) is 5.80. The molecule has 19 heavy (non-hydrogen) atoms. The lowest BCUT2D eigenvalue weighted by molar-refractivity contribution is -0.136. The van der Waals surface area contributed by atoms with Crippen LogP contribution in [0.25, 0.3) is 0 Å². The minimum absolute atomic E-state index is 0.169. The lowest BCUT2D eigenvalue weighted by atomic mass is 9.97. The van der Waals surface area contributed by atoms with E-state index in [1.54, 1.807) is 0 Å². The smallest absolute Gasteiger partial charge is 0.225 e. The van der Waals surface area contributed by atoms with E-state index in [9.17, 15) is 4.79 Å². The van der Waals surface area contributed by atoms with Crippen LogP contribution in [0, 0.1) is 0 Å². The van der Waals surface area contributed by atoms with Crippen molar-refractivity contribution in [2.24, 2.45) is 0 Å². The molecule has 3 fully saturated rings. The molecule has 4 heteroatoms. The number of nitrogens with zero attached hydrogens (tertiary/aromatic N) is 1. The quantitative estimate of drug-likeness (QED) is 0.845. The number of ether oxygens (including phenoxy) is 1. The molecule has 3 unspecified atom stereocenters. The molecule has 108 valence electrons. The Morgan fingerprint density at radius 2 is 1.95 bits per heavy atom. The highest BCUT2D eigenvalue weighted by Crippen LogP contribution is 2.29. The van der Waals surface area contributed by atoms with Crippen LogP contribution in [-0.4, -0.2) is 48.7 Å². The van der Waals surface area contributed by atoms with E-state index in [0.29, 0.717) is 24.5 Å². The van der Waals surface area contributed by atoms with Gasteiger partial charge in [0.05, 0.1) is 12.5 Å². The second-order valence-electron chi connectivity index (χ2n) is 6.46. The van der Waals surface area contributed by atoms with Gasteiger partial charge in [-0.1, -0.05) is 0 Å². The van der Waals surface area contributed by atoms with Gasteiger partial charge in [-0.25, -0.2) is 0 Å². The van der Waals surface area contributed by atoms with Gasteiger partial charge in [0.15, 0.2) is 0 Å². The van der Waals surface area contributed by atoms with Crippen LogP contribution < -0.4 is 5.32 Å². The fourth-order valence-electron chi connectivity index (χ4n) is 3.85. The normalized spacial score (nSPS) is 38.2. The van der Waals surface area contributed by atoms with Crippen molar-refractivity contribution in [1.82, 2.24) is 10.2 Å². The van der Waals surface area contributed by atoms with Gasteiger partial charge in [0.2, 0.25) is 5.91 Å². The van der Waals surface area contributed by atoms with Gasteiger partial charge >= 0.3 is 0 Å². The van der Waals surface area contributed by atoms with E-state index < -0.39 is 0 Å². The molecule has 0 spiro atoms. The molecule has 3 aliphatic heterocycles. The first-order valence-corrected chi connectivity index (χ1v) is 7.85. The zero-order valence-corrected chi connectivity index (χ0v) is 11.9. The summed E-state index contributed by atoms with van der Waals surface area (Å²) in [5.74, 6) is 0.276. The molecule has 3 saturated heterocycles. The Kier molecular flexibility index (Phi) is 4.08. The molecular weight excluding hydrogens is 240 g/mol. The fraction of sp³-hybridized carbons (Fsp3) is 0.933. The summed E-state index contributed by atoms with van der Waals surface area (Å²) >= 11 is 0. The lowest BCUT2D eigenvalue weighted by Crippen LogP contribution is -2.49. The summed E-state index contributed by atoms with van der Waals surface area (Å²) in [7, 11) is 1.99. The third-order valence-corrected chi connectivity index (χ3v) is 5.07. The number of amides is 1. The molecule has 3 heterocycles. The Bertz CT molecular complexity index is 316. The van der Waals surface area contributed by atoms with Gasteiger partial charge in [0.25, 0.3) is 0 Å². The highest BCUT2D eigenvalue weighted by molar-refractivity contribution is 5.76. The average Bonchev–Trinajstić information content (AvgIpc) is 2.77. The summed E-state index contributed by atoms with van der Waals surface area (Å²) < 4.78 is 5.68. The van der Waals surface area contributed by atoms with E-state index in [1.807, 2.05) is 11.9 Å². The Hall–Kier alpha value is -0.610. The van der Waals surface area contributed by atoms with Crippen molar-refractivity contribution in [1.29, 1.82) is 0 Å². The van der Waals surface area contributed by atoms with Crippen molar-refractivity contribution in [3.8, 4) is 0 Å². The summed E-state index contributed by atoms with van der Waals surface area (Å²) in [6.45, 7) is 0.832. The largest absolute Gasteiger partial charge is 0.378 e. The van der Waals surface area contributed by atoms with E-state index >= 15 is 0 Å². The van der Waals surface area contributed by atoms with E-state index in [2.05, 4.69) is 5.32 Å². The number of piperidine rings is 1. The number of rotatable bonds is 3. The van der Waals surface area contributed by atoms with Crippen LogP contribution in [0.2, 0.25) is 0 Å². The molecule has 3 rings (SSSR count). The first-order valence-electron chi connectivity index (χ1n) is 7.85. The first kappa shape index (κ1) is 13.4. The topological polar surface area (TPSA) is 41.6 Å². The van der Waals surface area contributed by atoms with Crippen molar-refractivity contribution in [2.45, 2.75) is 75.6 Å². The van der Waals surface area contributed by atoms with Gasteiger partial charge in [-0.05, 0) is 44.9 Å². The maximum atomic E-state index is 12.4. The number of nitrogens with one attached hydrogen (secondary N) is 1. The number of carbonyl (C=O) groups excluding carboxylic acids is 1. The van der Waals surface area contributed by atoms with Crippen LogP contribution in [0.3, 0.4) is 0 Å². The third-order valence-electron chi connectivity index (χ3n) is 5.07. The molecule has 1 N–H and O–H groups in total. The Balaban J connectivity index is 1.51. The van der Waals surface area contributed by atoms with Crippen molar-refractivity contribution < 1.29 is 9.53 Å². The number of hydrogen-bond donors (Lipinski definition) is 1. The maximum absolute atomic E-state index is 12.4. The van der Waals surface area contributed by atoms with Gasteiger partial charge in [-0.2, -0.15) is 0 Å². The molecule has 0 aliphatic carbocycles. The van der Waals surface area contributed by atoms with Crippen molar-refractivity contribution in [2.75, 3.05) is 13.7 Å². The molecule has 2 bridgehead atoms. The van der Waals surface area contributed by atoms with E-state index in [4.69, 9.17) is 4.74 Å². The molecule has 0 aromatic heterocycles. The Morgan fingerprint density at radius 3 is 2.58 bits per heavy atom. The molecule has 4 nitrogen and oxygen atoms in total. The summed E-state index contributed by atoms with van der Waals surface area (Å²) in [5, 5.41) is 3.63. The highest BCUT2D eigenvalue weighted by atomic mass is 16.5. The zero-order valence-electron chi connectivity index (χ0n) is 11.9. The van der Waals surface area contributed by atoms with Gasteiger partial charge in [0.1, 0.15) is 0 Å². The van der Waals surface area contributed by atoms with Gasteiger partial charge in [0, 0.05) is 31.8 Å². The van der Waals surface area contributed by atoms with Crippen LogP contribution in [-0.2, 0) is 9.53 Å². The summed E-state index contributed by atoms with van der Waals surface area (Å²) in [4.78, 5) is 14.4. The number of hydrogen-bond acceptors (Lipinski definition) is 3. The lowest BCUT2D eigenvalue weighted by Gasteiger charge is -2.36. The predicted molar refractivity (Wildman–Crippen MR) is 73.9 cm³/mol. The minimum Gasteiger partial charge on any atom is -0.378 e. The monoisotopic (exact) mass is 266 g/mol. The summed E-state index contributed by atoms with van der Waals surface area (Å²) in [6, 6.07) is 1.73. The Morgan fingerprint density at radius 1 is 1.21 bits per heavy atom. The van der Waals surface area contributed by atoms with Crippen molar-refractivity contribution in [3.63, 3.8) is 0 Å². The third kappa shape index (κ3) is 3.11. The molecule has 0 aromatic rings. The van der Waals surface area contributed by atoms with Crippen LogP contribution >= 0.6 is 0 Å². The zero-order chi connectivity index (χ0) is 13.2. The highest BCUT2D eigenvalue weighted by Gasteiger charge is 2.36. The summed E-state index contributed by atoms with van der Waals surface area (Å²) in [6.07, 6.45) is 8.99. The van der Waals surface area contributed by atoms with Gasteiger partial charge < -0.3 is 15.0 Å². The van der Waals surface area contributed by atoms with Crippen LogP contribution in [0.15, 0.2) is 0 Å². The van der Waals surface area contributed by atoms with E-state index in [1.165, 1.54) is 19.3 Å². The number of fused-ring (bicyclic) bond motifs is 2. The van der Waals surface area contributed by atoms with Crippen molar-refractivity contribution >= 4 is 5.91 Å². The molecule has 0 saturated carbocycles. The van der Waals surface area contributed by atoms with E-state index in [0.717, 1.165) is 32.3 Å². The Labute approximate surface area is 115 Å². The fourth-order valence-corrected chi connectivity index (χ4v) is 3.85. The molecule has 3 atom stereocenters. The van der Waals surface area contributed by atoms with E-state index in [-0.39, 0.29) is 12.0 Å². The maximum Gasteiger partial charge on any atom is 0.225 e. The molecule has 3 aliphatic rings. The SMILES string of the molecule is CN(C(=O)CC1CCCCO1)C1CC2CCC(C1)N2.